The van der Waals surface area contributed by atoms with Crippen LogP contribution in [0.2, 0.25) is 0 Å². The van der Waals surface area contributed by atoms with Crippen molar-refractivity contribution in [1.29, 1.82) is 0 Å². The van der Waals surface area contributed by atoms with Crippen molar-refractivity contribution in [3.8, 4) is 11.3 Å². The first-order valence-corrected chi connectivity index (χ1v) is 11.7. The number of thioether (sulfide) groups is 1. The number of benzene rings is 1. The van der Waals surface area contributed by atoms with Gasteiger partial charge in [-0.3, -0.25) is 9.59 Å². The number of likely N-dealkylation sites (tertiary alicyclic amines) is 1. The van der Waals surface area contributed by atoms with Gasteiger partial charge in [0, 0.05) is 23.5 Å². The second kappa shape index (κ2) is 9.56. The lowest BCUT2D eigenvalue weighted by atomic mass is 10.0. The molecule has 150 valence electrons. The number of hydrogen-bond donors (Lipinski definition) is 1. The molecule has 1 aliphatic rings. The smallest absolute Gasteiger partial charge is 0.236 e. The quantitative estimate of drug-likeness (QED) is 0.752. The Morgan fingerprint density at radius 2 is 2.11 bits per heavy atom. The molecule has 0 radical (unpaired) electrons. The lowest BCUT2D eigenvalue weighted by molar-refractivity contribution is -0.131. The number of carbonyl (C=O) groups is 2. The summed E-state index contributed by atoms with van der Waals surface area (Å²) in [6.07, 6.45) is 3.34. The van der Waals surface area contributed by atoms with Crippen molar-refractivity contribution in [3.63, 3.8) is 0 Å². The maximum Gasteiger partial charge on any atom is 0.236 e. The molecule has 1 unspecified atom stereocenters. The predicted octanol–water partition coefficient (Wildman–Crippen LogP) is 4.50. The average Bonchev–Trinajstić information content (AvgIpc) is 3.10. The summed E-state index contributed by atoms with van der Waals surface area (Å²) in [4.78, 5) is 31.0. The zero-order valence-corrected chi connectivity index (χ0v) is 18.3. The van der Waals surface area contributed by atoms with Crippen molar-refractivity contribution in [2.75, 3.05) is 23.4 Å². The molecular formula is C21H27N3O2S2. The molecule has 28 heavy (non-hydrogen) atoms. The number of hydrogen-bond acceptors (Lipinski definition) is 5. The van der Waals surface area contributed by atoms with E-state index in [1.807, 2.05) is 10.3 Å². The summed E-state index contributed by atoms with van der Waals surface area (Å²) in [5.41, 5.74) is 4.34. The molecule has 0 bridgehead atoms. The molecule has 1 N–H and O–H groups in total. The number of rotatable bonds is 6. The predicted molar refractivity (Wildman–Crippen MR) is 118 cm³/mol. The van der Waals surface area contributed by atoms with E-state index in [2.05, 4.69) is 49.3 Å². The summed E-state index contributed by atoms with van der Waals surface area (Å²) >= 11 is 2.79. The number of carbonyl (C=O) groups excluding carboxylic acids is 2. The van der Waals surface area contributed by atoms with Crippen LogP contribution in [0.4, 0.5) is 5.13 Å². The van der Waals surface area contributed by atoms with Gasteiger partial charge in [0.15, 0.2) is 5.13 Å². The first-order valence-electron chi connectivity index (χ1n) is 9.64. The molecule has 1 aromatic carbocycles. The van der Waals surface area contributed by atoms with E-state index >= 15 is 0 Å². The third-order valence-electron chi connectivity index (χ3n) is 4.99. The number of nitrogens with one attached hydrogen (secondary N) is 1. The third-order valence-corrected chi connectivity index (χ3v) is 6.67. The summed E-state index contributed by atoms with van der Waals surface area (Å²) < 4.78 is 0. The van der Waals surface area contributed by atoms with Crippen LogP contribution in [0.25, 0.3) is 11.3 Å². The largest absolute Gasteiger partial charge is 0.339 e. The topological polar surface area (TPSA) is 62.3 Å². The molecule has 1 aromatic heterocycles. The maximum absolute atomic E-state index is 12.3. The van der Waals surface area contributed by atoms with Gasteiger partial charge in [-0.1, -0.05) is 23.8 Å². The molecule has 7 heteroatoms. The number of aryl methyl sites for hydroxylation is 2. The monoisotopic (exact) mass is 417 g/mol. The number of amides is 2. The van der Waals surface area contributed by atoms with Crippen molar-refractivity contribution in [2.45, 2.75) is 46.1 Å². The third kappa shape index (κ3) is 5.35. The first kappa shape index (κ1) is 20.9. The van der Waals surface area contributed by atoms with Gasteiger partial charge in [-0.15, -0.1) is 23.1 Å². The van der Waals surface area contributed by atoms with Gasteiger partial charge in [0.05, 0.1) is 17.2 Å². The van der Waals surface area contributed by atoms with Gasteiger partial charge in [0.1, 0.15) is 0 Å². The maximum atomic E-state index is 12.3. The van der Waals surface area contributed by atoms with Crippen LogP contribution >= 0.6 is 23.1 Å². The van der Waals surface area contributed by atoms with Crippen LogP contribution in [-0.4, -0.2) is 45.8 Å². The van der Waals surface area contributed by atoms with Crippen LogP contribution in [-0.2, 0) is 9.59 Å². The molecule has 1 aliphatic heterocycles. The molecule has 1 fully saturated rings. The molecule has 1 saturated heterocycles. The van der Waals surface area contributed by atoms with Gasteiger partial charge in [0.25, 0.3) is 0 Å². The lowest BCUT2D eigenvalue weighted by Crippen LogP contribution is -2.43. The molecule has 0 aliphatic carbocycles. The van der Waals surface area contributed by atoms with Crippen LogP contribution in [0.3, 0.4) is 0 Å². The second-order valence-corrected chi connectivity index (χ2v) is 9.17. The molecule has 2 heterocycles. The number of nitrogens with zero attached hydrogens (tertiary/aromatic N) is 2. The lowest BCUT2D eigenvalue weighted by Gasteiger charge is -2.33. The zero-order valence-electron chi connectivity index (χ0n) is 16.7. The van der Waals surface area contributed by atoms with Crippen molar-refractivity contribution < 1.29 is 9.59 Å². The molecule has 3 rings (SSSR count). The minimum absolute atomic E-state index is 0.119. The Hall–Kier alpha value is -1.86. The van der Waals surface area contributed by atoms with Crippen LogP contribution in [0, 0.1) is 13.8 Å². The highest BCUT2D eigenvalue weighted by Gasteiger charge is 2.23. The molecule has 0 spiro atoms. The van der Waals surface area contributed by atoms with E-state index in [0.29, 0.717) is 16.9 Å². The summed E-state index contributed by atoms with van der Waals surface area (Å²) in [5.74, 6) is 0.623. The van der Waals surface area contributed by atoms with Crippen molar-refractivity contribution in [3.05, 3.63) is 34.7 Å². The van der Waals surface area contributed by atoms with E-state index in [1.54, 1.807) is 0 Å². The van der Waals surface area contributed by atoms with E-state index < -0.39 is 0 Å². The van der Waals surface area contributed by atoms with Crippen molar-refractivity contribution >= 4 is 40.0 Å². The summed E-state index contributed by atoms with van der Waals surface area (Å²) in [5, 5.41) is 5.40. The number of piperidine rings is 1. The SMILES string of the molecule is Cc1ccc(-c2csc(NC(=O)CSCC(=O)N3CCCCC3C)n2)c(C)c1. The Morgan fingerprint density at radius 1 is 1.29 bits per heavy atom. The van der Waals surface area contributed by atoms with E-state index in [-0.39, 0.29) is 17.6 Å². The number of thiazole rings is 1. The van der Waals surface area contributed by atoms with Crippen molar-refractivity contribution in [1.82, 2.24) is 9.88 Å². The highest BCUT2D eigenvalue weighted by Crippen LogP contribution is 2.28. The van der Waals surface area contributed by atoms with E-state index in [0.717, 1.165) is 30.6 Å². The van der Waals surface area contributed by atoms with Gasteiger partial charge >= 0.3 is 0 Å². The van der Waals surface area contributed by atoms with E-state index in [4.69, 9.17) is 0 Å². The van der Waals surface area contributed by atoms with Gasteiger partial charge < -0.3 is 10.2 Å². The second-order valence-electron chi connectivity index (χ2n) is 7.33. The Bertz CT molecular complexity index is 850. The molecule has 1 atom stereocenters. The minimum atomic E-state index is -0.119. The Kier molecular flexibility index (Phi) is 7.13. The van der Waals surface area contributed by atoms with Gasteiger partial charge in [-0.25, -0.2) is 4.98 Å². The van der Waals surface area contributed by atoms with Crippen LogP contribution in [0.1, 0.15) is 37.3 Å². The zero-order chi connectivity index (χ0) is 20.1. The van der Waals surface area contributed by atoms with E-state index in [9.17, 15) is 9.59 Å². The minimum Gasteiger partial charge on any atom is -0.339 e. The highest BCUT2D eigenvalue weighted by molar-refractivity contribution is 8.00. The standard InChI is InChI=1S/C21H27N3O2S2/c1-14-7-8-17(15(2)10-14)18-11-28-21(22-18)23-19(25)12-27-13-20(26)24-9-5-4-6-16(24)3/h7-8,10-11,16H,4-6,9,12-13H2,1-3H3,(H,22,23,25). The summed E-state index contributed by atoms with van der Waals surface area (Å²) in [6, 6.07) is 6.57. The fraction of sp³-hybridized carbons (Fsp3) is 0.476. The Balaban J connectivity index is 1.47. The van der Waals surface area contributed by atoms with E-state index in [1.165, 1.54) is 40.6 Å². The van der Waals surface area contributed by atoms with Crippen LogP contribution in [0.5, 0.6) is 0 Å². The summed E-state index contributed by atoms with van der Waals surface area (Å²) in [7, 11) is 0. The summed E-state index contributed by atoms with van der Waals surface area (Å²) in [6.45, 7) is 7.08. The van der Waals surface area contributed by atoms with Crippen LogP contribution < -0.4 is 5.32 Å². The Morgan fingerprint density at radius 3 is 2.86 bits per heavy atom. The van der Waals surface area contributed by atoms with Gasteiger partial charge in [0.2, 0.25) is 11.8 Å². The fourth-order valence-corrected chi connectivity index (χ4v) is 4.92. The highest BCUT2D eigenvalue weighted by atomic mass is 32.2. The van der Waals surface area contributed by atoms with Gasteiger partial charge in [-0.2, -0.15) is 0 Å². The van der Waals surface area contributed by atoms with Crippen LogP contribution in [0.15, 0.2) is 23.6 Å². The molecule has 0 saturated carbocycles. The number of aromatic nitrogens is 1. The Labute approximate surface area is 174 Å². The first-order chi connectivity index (χ1) is 13.4. The fourth-order valence-electron chi connectivity index (χ4n) is 3.49. The average molecular weight is 418 g/mol. The molecule has 5 nitrogen and oxygen atoms in total. The molecule has 2 aromatic rings. The normalized spacial score (nSPS) is 16.8. The number of anilines is 1. The molecule has 2 amide bonds. The van der Waals surface area contributed by atoms with Crippen molar-refractivity contribution in [2.24, 2.45) is 0 Å². The molecular weight excluding hydrogens is 390 g/mol. The van der Waals surface area contributed by atoms with Gasteiger partial charge in [-0.05, 0) is 45.6 Å².